The first-order chi connectivity index (χ1) is 19.5. The molecule has 0 spiro atoms. The fourth-order valence-electron chi connectivity index (χ4n) is 4.05. The molecule has 11 heteroatoms. The molecule has 3 aromatic rings. The molecule has 220 valence electrons. The second kappa shape index (κ2) is 14.2. The third-order valence-corrected chi connectivity index (χ3v) is 8.41. The number of carbonyl (C=O) groups is 2. The van der Waals surface area contributed by atoms with Gasteiger partial charge in [0.15, 0.2) is 11.5 Å². The zero-order chi connectivity index (χ0) is 30.2. The summed E-state index contributed by atoms with van der Waals surface area (Å²) in [5.74, 6) is -0.0845. The van der Waals surface area contributed by atoms with Crippen molar-refractivity contribution in [1.29, 1.82) is 0 Å². The number of hydrogen-bond acceptors (Lipinski definition) is 6. The predicted molar refractivity (Wildman–Crippen MR) is 160 cm³/mol. The van der Waals surface area contributed by atoms with Crippen LogP contribution in [0, 0.1) is 5.92 Å². The minimum absolute atomic E-state index is 0.0747. The van der Waals surface area contributed by atoms with Gasteiger partial charge in [0.2, 0.25) is 11.8 Å². The summed E-state index contributed by atoms with van der Waals surface area (Å²) in [7, 11) is -1.39. The SMILES string of the molecule is COc1ccc(S(=O)(=O)N(CC(=O)N(Cc2ccc(Cl)cc2)C(C)C(=O)NCC(C)C)c2ccccc2)cc1OC. The largest absolute Gasteiger partial charge is 0.493 e. The van der Waals surface area contributed by atoms with Gasteiger partial charge in [-0.05, 0) is 54.8 Å². The molecule has 3 aromatic carbocycles. The van der Waals surface area contributed by atoms with Crippen LogP contribution in [0.2, 0.25) is 5.02 Å². The summed E-state index contributed by atoms with van der Waals surface area (Å²) < 4.78 is 39.6. The first-order valence-electron chi connectivity index (χ1n) is 13.1. The van der Waals surface area contributed by atoms with Gasteiger partial charge in [0.05, 0.1) is 24.8 Å². The first-order valence-corrected chi connectivity index (χ1v) is 14.9. The molecule has 0 aliphatic carbocycles. The van der Waals surface area contributed by atoms with E-state index in [0.29, 0.717) is 23.0 Å². The van der Waals surface area contributed by atoms with E-state index >= 15 is 0 Å². The van der Waals surface area contributed by atoms with Crippen molar-refractivity contribution in [3.05, 3.63) is 83.4 Å². The number of carbonyl (C=O) groups excluding carboxylic acids is 2. The smallest absolute Gasteiger partial charge is 0.264 e. The minimum atomic E-state index is -4.25. The molecular weight excluding hydrogens is 566 g/mol. The quantitative estimate of drug-likeness (QED) is 0.303. The van der Waals surface area contributed by atoms with Gasteiger partial charge in [-0.25, -0.2) is 8.42 Å². The van der Waals surface area contributed by atoms with Gasteiger partial charge < -0.3 is 19.7 Å². The van der Waals surface area contributed by atoms with Gasteiger partial charge in [0.25, 0.3) is 10.0 Å². The number of hydrogen-bond donors (Lipinski definition) is 1. The van der Waals surface area contributed by atoms with E-state index in [1.165, 1.54) is 37.3 Å². The molecule has 0 aliphatic rings. The number of rotatable bonds is 13. The number of nitrogens with zero attached hydrogens (tertiary/aromatic N) is 2. The van der Waals surface area contributed by atoms with E-state index in [-0.39, 0.29) is 29.0 Å². The van der Waals surface area contributed by atoms with Gasteiger partial charge >= 0.3 is 0 Å². The molecule has 0 heterocycles. The van der Waals surface area contributed by atoms with Crippen molar-refractivity contribution < 1.29 is 27.5 Å². The van der Waals surface area contributed by atoms with E-state index in [9.17, 15) is 18.0 Å². The Morgan fingerprint density at radius 2 is 1.54 bits per heavy atom. The lowest BCUT2D eigenvalue weighted by Gasteiger charge is -2.32. The summed E-state index contributed by atoms with van der Waals surface area (Å²) in [5.41, 5.74) is 1.03. The van der Waals surface area contributed by atoms with Crippen LogP contribution in [0.3, 0.4) is 0 Å². The number of para-hydroxylation sites is 1. The fraction of sp³-hybridized carbons (Fsp3) is 0.333. The molecule has 0 bridgehead atoms. The summed E-state index contributed by atoms with van der Waals surface area (Å²) in [5, 5.41) is 3.40. The van der Waals surface area contributed by atoms with Crippen LogP contribution in [0.5, 0.6) is 11.5 Å². The molecule has 1 N–H and O–H groups in total. The Labute approximate surface area is 247 Å². The lowest BCUT2D eigenvalue weighted by molar-refractivity contribution is -0.139. The van der Waals surface area contributed by atoms with Crippen molar-refractivity contribution in [2.75, 3.05) is 31.6 Å². The molecule has 0 aromatic heterocycles. The summed E-state index contributed by atoms with van der Waals surface area (Å²) in [4.78, 5) is 28.3. The topological polar surface area (TPSA) is 105 Å². The molecule has 0 fully saturated rings. The first kappa shape index (κ1) is 31.8. The summed E-state index contributed by atoms with van der Waals surface area (Å²) in [6.07, 6.45) is 0. The lowest BCUT2D eigenvalue weighted by Crippen LogP contribution is -2.51. The average Bonchev–Trinajstić information content (AvgIpc) is 2.97. The third kappa shape index (κ3) is 8.14. The highest BCUT2D eigenvalue weighted by Gasteiger charge is 2.33. The van der Waals surface area contributed by atoms with Crippen molar-refractivity contribution in [2.24, 2.45) is 5.92 Å². The van der Waals surface area contributed by atoms with Crippen molar-refractivity contribution in [1.82, 2.24) is 10.2 Å². The summed E-state index contributed by atoms with van der Waals surface area (Å²) in [6.45, 7) is 5.53. The Hall–Kier alpha value is -3.76. The van der Waals surface area contributed by atoms with E-state index in [4.69, 9.17) is 21.1 Å². The molecule has 0 radical (unpaired) electrons. The Morgan fingerprint density at radius 3 is 2.12 bits per heavy atom. The Morgan fingerprint density at radius 1 is 0.902 bits per heavy atom. The standard InChI is InChI=1S/C30H36ClN3O6S/c1-21(2)18-32-30(36)22(3)33(19-23-11-13-24(31)14-12-23)29(35)20-34(25-9-7-6-8-10-25)41(37,38)26-15-16-27(39-4)28(17-26)40-5/h6-17,21-22H,18-20H2,1-5H3,(H,32,36). The van der Waals surface area contributed by atoms with Crippen LogP contribution in [0.25, 0.3) is 0 Å². The second-order valence-corrected chi connectivity index (χ2v) is 12.1. The summed E-state index contributed by atoms with van der Waals surface area (Å²) >= 11 is 6.05. The van der Waals surface area contributed by atoms with Crippen molar-refractivity contribution in [3.63, 3.8) is 0 Å². The second-order valence-electron chi connectivity index (χ2n) is 9.83. The van der Waals surface area contributed by atoms with Crippen LogP contribution in [0.1, 0.15) is 26.3 Å². The zero-order valence-electron chi connectivity index (χ0n) is 23.8. The number of halogens is 1. The van der Waals surface area contributed by atoms with Gasteiger partial charge in [0, 0.05) is 24.2 Å². The minimum Gasteiger partial charge on any atom is -0.493 e. The van der Waals surface area contributed by atoms with Gasteiger partial charge in [0.1, 0.15) is 12.6 Å². The van der Waals surface area contributed by atoms with Crippen LogP contribution < -0.4 is 19.1 Å². The molecule has 41 heavy (non-hydrogen) atoms. The number of ether oxygens (including phenoxy) is 2. The van der Waals surface area contributed by atoms with Crippen LogP contribution in [-0.4, -0.2) is 58.5 Å². The molecule has 0 saturated carbocycles. The lowest BCUT2D eigenvalue weighted by atomic mass is 10.1. The van der Waals surface area contributed by atoms with E-state index in [1.54, 1.807) is 61.5 Å². The van der Waals surface area contributed by atoms with Gasteiger partial charge in [-0.2, -0.15) is 0 Å². The number of sulfonamides is 1. The normalized spacial score (nSPS) is 12.0. The molecule has 0 aliphatic heterocycles. The maximum absolute atomic E-state index is 14.0. The molecule has 1 atom stereocenters. The molecule has 0 saturated heterocycles. The number of benzene rings is 3. The molecule has 3 rings (SSSR count). The van der Waals surface area contributed by atoms with Crippen LogP contribution in [0.4, 0.5) is 5.69 Å². The van der Waals surface area contributed by atoms with E-state index in [0.717, 1.165) is 9.87 Å². The van der Waals surface area contributed by atoms with Crippen molar-refractivity contribution in [2.45, 2.75) is 38.3 Å². The molecular formula is C30H36ClN3O6S. The maximum atomic E-state index is 14.0. The van der Waals surface area contributed by atoms with Crippen molar-refractivity contribution >= 4 is 39.1 Å². The number of anilines is 1. The van der Waals surface area contributed by atoms with Crippen LogP contribution >= 0.6 is 11.6 Å². The highest BCUT2D eigenvalue weighted by Crippen LogP contribution is 2.32. The van der Waals surface area contributed by atoms with E-state index < -0.39 is 28.5 Å². The monoisotopic (exact) mass is 601 g/mol. The van der Waals surface area contributed by atoms with E-state index in [2.05, 4.69) is 5.32 Å². The molecule has 2 amide bonds. The Balaban J connectivity index is 2.02. The van der Waals surface area contributed by atoms with Gasteiger partial charge in [-0.15, -0.1) is 0 Å². The van der Waals surface area contributed by atoms with E-state index in [1.807, 2.05) is 13.8 Å². The number of amides is 2. The van der Waals surface area contributed by atoms with Gasteiger partial charge in [-0.3, -0.25) is 13.9 Å². The number of nitrogens with one attached hydrogen (secondary N) is 1. The zero-order valence-corrected chi connectivity index (χ0v) is 25.4. The highest BCUT2D eigenvalue weighted by molar-refractivity contribution is 7.92. The molecule has 1 unspecified atom stereocenters. The number of methoxy groups -OCH3 is 2. The third-order valence-electron chi connectivity index (χ3n) is 6.38. The van der Waals surface area contributed by atoms with Crippen LogP contribution in [0.15, 0.2) is 77.7 Å². The highest BCUT2D eigenvalue weighted by atomic mass is 35.5. The van der Waals surface area contributed by atoms with Crippen LogP contribution in [-0.2, 0) is 26.2 Å². The molecule has 9 nitrogen and oxygen atoms in total. The Kier molecular flexibility index (Phi) is 11.0. The maximum Gasteiger partial charge on any atom is 0.264 e. The summed E-state index contributed by atoms with van der Waals surface area (Å²) in [6, 6.07) is 18.6. The van der Waals surface area contributed by atoms with Crippen molar-refractivity contribution in [3.8, 4) is 11.5 Å². The van der Waals surface area contributed by atoms with Gasteiger partial charge in [-0.1, -0.05) is 55.8 Å². The predicted octanol–water partition coefficient (Wildman–Crippen LogP) is 4.74. The Bertz CT molecular complexity index is 1430. The average molecular weight is 602 g/mol. The fourth-order valence-corrected chi connectivity index (χ4v) is 5.60.